The summed E-state index contributed by atoms with van der Waals surface area (Å²) >= 11 is 0. The van der Waals surface area contributed by atoms with Crippen LogP contribution in [-0.4, -0.2) is 4.98 Å². The highest BCUT2D eigenvalue weighted by molar-refractivity contribution is 5.55. The Balaban J connectivity index is 3.34. The number of nitrogens with two attached hydrogens (primary N) is 1. The molecule has 0 aliphatic rings. The van der Waals surface area contributed by atoms with E-state index in [0.29, 0.717) is 11.4 Å². The van der Waals surface area contributed by atoms with Gasteiger partial charge in [-0.25, -0.2) is 4.98 Å². The fourth-order valence-electron chi connectivity index (χ4n) is 1.74. The lowest BCUT2D eigenvalue weighted by Crippen LogP contribution is -2.17. The normalized spacial score (nSPS) is 11.9. The molecule has 1 aromatic rings. The van der Waals surface area contributed by atoms with Gasteiger partial charge in [-0.05, 0) is 45.2 Å². The smallest absolute Gasteiger partial charge is 0.136 e. The van der Waals surface area contributed by atoms with Crippen molar-refractivity contribution in [1.82, 2.24) is 4.98 Å². The second kappa shape index (κ2) is 4.65. The number of nitrogens with zero attached hydrogens (tertiary/aromatic N) is 1. The summed E-state index contributed by atoms with van der Waals surface area (Å²) in [5, 5.41) is 0. The van der Waals surface area contributed by atoms with Crippen molar-refractivity contribution in [2.45, 2.75) is 53.9 Å². The van der Waals surface area contributed by atoms with E-state index in [-0.39, 0.29) is 10.8 Å². The molecule has 0 amide bonds. The Labute approximate surface area is 111 Å². The van der Waals surface area contributed by atoms with Gasteiger partial charge in [0, 0.05) is 10.8 Å². The summed E-state index contributed by atoms with van der Waals surface area (Å²) in [5.41, 5.74) is 9.52. The van der Waals surface area contributed by atoms with Gasteiger partial charge in [-0.1, -0.05) is 26.7 Å². The van der Waals surface area contributed by atoms with Crippen LogP contribution in [0.4, 0.5) is 5.69 Å². The van der Waals surface area contributed by atoms with Gasteiger partial charge in [0.2, 0.25) is 0 Å². The number of anilines is 1. The monoisotopic (exact) mass is 244 g/mol. The standard InChI is InChI=1S/C16H24N2/c1-11-10-12(17)13(8-9-15(2,3)4)18-14(11)16(5,6)7/h10H,17H2,1-7H3. The molecule has 0 aliphatic heterocycles. The summed E-state index contributed by atoms with van der Waals surface area (Å²) in [5.74, 6) is 6.29. The minimum Gasteiger partial charge on any atom is -0.396 e. The fourth-order valence-corrected chi connectivity index (χ4v) is 1.74. The first-order valence-electron chi connectivity index (χ1n) is 6.31. The van der Waals surface area contributed by atoms with Crippen LogP contribution in [0.3, 0.4) is 0 Å². The molecule has 98 valence electrons. The van der Waals surface area contributed by atoms with Crippen molar-refractivity contribution in [2.24, 2.45) is 5.41 Å². The van der Waals surface area contributed by atoms with Gasteiger partial charge in [0.05, 0.1) is 11.4 Å². The third-order valence-corrected chi connectivity index (χ3v) is 2.51. The lowest BCUT2D eigenvalue weighted by molar-refractivity contribution is 0.563. The average Bonchev–Trinajstić information content (AvgIpc) is 2.12. The zero-order valence-electron chi connectivity index (χ0n) is 12.6. The van der Waals surface area contributed by atoms with Crippen LogP contribution in [0.5, 0.6) is 0 Å². The molecule has 0 saturated heterocycles. The van der Waals surface area contributed by atoms with E-state index in [1.54, 1.807) is 0 Å². The predicted molar refractivity (Wildman–Crippen MR) is 78.4 cm³/mol. The Morgan fingerprint density at radius 1 is 1.11 bits per heavy atom. The van der Waals surface area contributed by atoms with E-state index >= 15 is 0 Å². The Morgan fingerprint density at radius 3 is 2.11 bits per heavy atom. The molecule has 0 saturated carbocycles. The van der Waals surface area contributed by atoms with Gasteiger partial charge in [-0.15, -0.1) is 0 Å². The van der Waals surface area contributed by atoms with Crippen LogP contribution in [0.2, 0.25) is 0 Å². The maximum absolute atomic E-state index is 6.00. The van der Waals surface area contributed by atoms with E-state index in [9.17, 15) is 0 Å². The highest BCUT2D eigenvalue weighted by Crippen LogP contribution is 2.26. The van der Waals surface area contributed by atoms with E-state index in [2.05, 4.69) is 58.4 Å². The summed E-state index contributed by atoms with van der Waals surface area (Å²) < 4.78 is 0. The average molecular weight is 244 g/mol. The van der Waals surface area contributed by atoms with E-state index in [0.717, 1.165) is 11.3 Å². The molecular weight excluding hydrogens is 220 g/mol. The summed E-state index contributed by atoms with van der Waals surface area (Å²) in [7, 11) is 0. The Hall–Kier alpha value is -1.49. The molecule has 0 aliphatic carbocycles. The zero-order valence-corrected chi connectivity index (χ0v) is 12.6. The van der Waals surface area contributed by atoms with Crippen molar-refractivity contribution in [2.75, 3.05) is 5.73 Å². The minimum absolute atomic E-state index is 0.00987. The van der Waals surface area contributed by atoms with Crippen LogP contribution in [0.15, 0.2) is 6.07 Å². The Morgan fingerprint density at radius 2 is 1.67 bits per heavy atom. The van der Waals surface area contributed by atoms with E-state index < -0.39 is 0 Å². The Kier molecular flexibility index (Phi) is 3.76. The van der Waals surface area contributed by atoms with Crippen LogP contribution in [-0.2, 0) is 5.41 Å². The SMILES string of the molecule is Cc1cc(N)c(C#CC(C)(C)C)nc1C(C)(C)C. The van der Waals surface area contributed by atoms with Crippen molar-refractivity contribution in [3.8, 4) is 11.8 Å². The van der Waals surface area contributed by atoms with Crippen molar-refractivity contribution in [1.29, 1.82) is 0 Å². The first kappa shape index (κ1) is 14.6. The molecule has 0 bridgehead atoms. The number of hydrogen-bond acceptors (Lipinski definition) is 2. The quantitative estimate of drug-likeness (QED) is 0.707. The summed E-state index contributed by atoms with van der Waals surface area (Å²) in [6.45, 7) is 14.7. The maximum atomic E-state index is 6.00. The second-order valence-corrected chi connectivity index (χ2v) is 6.84. The van der Waals surface area contributed by atoms with E-state index in [1.807, 2.05) is 13.0 Å². The first-order valence-corrected chi connectivity index (χ1v) is 6.31. The lowest BCUT2D eigenvalue weighted by Gasteiger charge is -2.21. The maximum Gasteiger partial charge on any atom is 0.136 e. The number of aryl methyl sites for hydroxylation is 1. The molecule has 2 nitrogen and oxygen atoms in total. The van der Waals surface area contributed by atoms with Crippen LogP contribution < -0.4 is 5.73 Å². The van der Waals surface area contributed by atoms with Crippen molar-refractivity contribution < 1.29 is 0 Å². The molecule has 0 spiro atoms. The van der Waals surface area contributed by atoms with Gasteiger partial charge in [0.15, 0.2) is 0 Å². The van der Waals surface area contributed by atoms with Gasteiger partial charge in [0.25, 0.3) is 0 Å². The molecule has 2 N–H and O–H groups in total. The second-order valence-electron chi connectivity index (χ2n) is 6.84. The van der Waals surface area contributed by atoms with E-state index in [1.165, 1.54) is 0 Å². The third-order valence-electron chi connectivity index (χ3n) is 2.51. The van der Waals surface area contributed by atoms with Gasteiger partial charge in [0.1, 0.15) is 5.69 Å². The van der Waals surface area contributed by atoms with Crippen LogP contribution in [0.1, 0.15) is 58.5 Å². The van der Waals surface area contributed by atoms with Gasteiger partial charge in [-0.2, -0.15) is 0 Å². The lowest BCUT2D eigenvalue weighted by atomic mass is 9.88. The van der Waals surface area contributed by atoms with Crippen LogP contribution in [0.25, 0.3) is 0 Å². The summed E-state index contributed by atoms with van der Waals surface area (Å²) in [6, 6.07) is 1.97. The van der Waals surface area contributed by atoms with Gasteiger partial charge < -0.3 is 5.73 Å². The van der Waals surface area contributed by atoms with Crippen molar-refractivity contribution in [3.63, 3.8) is 0 Å². The van der Waals surface area contributed by atoms with Crippen molar-refractivity contribution in [3.05, 3.63) is 23.0 Å². The molecule has 0 fully saturated rings. The molecule has 2 heteroatoms. The molecule has 0 radical (unpaired) electrons. The third kappa shape index (κ3) is 3.77. The minimum atomic E-state index is -0.0408. The largest absolute Gasteiger partial charge is 0.396 e. The van der Waals surface area contributed by atoms with Gasteiger partial charge >= 0.3 is 0 Å². The predicted octanol–water partition coefficient (Wildman–Crippen LogP) is 3.67. The van der Waals surface area contributed by atoms with Crippen LogP contribution in [0, 0.1) is 24.2 Å². The fraction of sp³-hybridized carbons (Fsp3) is 0.562. The van der Waals surface area contributed by atoms with Crippen molar-refractivity contribution >= 4 is 5.69 Å². The highest BCUT2D eigenvalue weighted by Gasteiger charge is 2.19. The van der Waals surface area contributed by atoms with E-state index in [4.69, 9.17) is 5.73 Å². The van der Waals surface area contributed by atoms with Crippen LogP contribution >= 0.6 is 0 Å². The molecular formula is C16H24N2. The molecule has 0 unspecified atom stereocenters. The topological polar surface area (TPSA) is 38.9 Å². The number of hydrogen-bond donors (Lipinski definition) is 1. The highest BCUT2D eigenvalue weighted by atomic mass is 14.8. The number of aromatic nitrogens is 1. The Bertz CT molecular complexity index is 503. The number of pyridine rings is 1. The molecule has 0 aromatic carbocycles. The first-order chi connectivity index (χ1) is 8.00. The zero-order chi connectivity index (χ0) is 14.1. The molecule has 1 rings (SSSR count). The van der Waals surface area contributed by atoms with Gasteiger partial charge in [-0.3, -0.25) is 0 Å². The summed E-state index contributed by atoms with van der Waals surface area (Å²) in [4.78, 5) is 4.65. The molecule has 1 aromatic heterocycles. The molecule has 18 heavy (non-hydrogen) atoms. The number of rotatable bonds is 0. The summed E-state index contributed by atoms with van der Waals surface area (Å²) in [6.07, 6.45) is 0. The molecule has 1 heterocycles. The molecule has 0 atom stereocenters. The number of nitrogen functional groups attached to an aromatic ring is 1.